The van der Waals surface area contributed by atoms with Gasteiger partial charge >= 0.3 is 0 Å². The Hall–Kier alpha value is -1.13. The van der Waals surface area contributed by atoms with E-state index < -0.39 is 0 Å². The van der Waals surface area contributed by atoms with Gasteiger partial charge in [-0.1, -0.05) is 28.1 Å². The van der Waals surface area contributed by atoms with Crippen LogP contribution in [0.1, 0.15) is 0 Å². The maximum atomic E-state index is 5.57. The Morgan fingerprint density at radius 3 is 2.53 bits per heavy atom. The Balaban J connectivity index is 2.34. The molecule has 0 radical (unpaired) electrons. The molecule has 0 aliphatic heterocycles. The maximum absolute atomic E-state index is 5.57. The molecule has 0 aromatic heterocycles. The highest BCUT2D eigenvalue weighted by Crippen LogP contribution is 2.24. The molecule has 4 heteroatoms. The molecule has 0 saturated heterocycles. The number of ether oxygens (including phenoxy) is 1. The van der Waals surface area contributed by atoms with Crippen LogP contribution in [0.25, 0.3) is 10.8 Å². The number of nitrogens with zero attached hydrogens (tertiary/aromatic N) is 1. The first kappa shape index (κ1) is 12.3. The predicted molar refractivity (Wildman–Crippen MR) is 78.6 cm³/mol. The van der Waals surface area contributed by atoms with E-state index in [4.69, 9.17) is 17.0 Å². The number of halogens is 1. The van der Waals surface area contributed by atoms with Gasteiger partial charge in [0, 0.05) is 18.6 Å². The van der Waals surface area contributed by atoms with Crippen LogP contribution in [0.5, 0.6) is 5.75 Å². The molecule has 0 aliphatic rings. The summed E-state index contributed by atoms with van der Waals surface area (Å²) in [7, 11) is 3.72. The van der Waals surface area contributed by atoms with Gasteiger partial charge in [0.05, 0.1) is 0 Å². The zero-order chi connectivity index (χ0) is 12.4. The largest absolute Gasteiger partial charge is 0.432 e. The summed E-state index contributed by atoms with van der Waals surface area (Å²) in [5.41, 5.74) is 0. The molecule has 0 bridgehead atoms. The molecule has 2 aromatic rings. The lowest BCUT2D eigenvalue weighted by atomic mass is 10.1. The van der Waals surface area contributed by atoms with E-state index in [0.29, 0.717) is 5.17 Å². The third-order valence-corrected chi connectivity index (χ3v) is 3.29. The van der Waals surface area contributed by atoms with Crippen LogP contribution in [0.15, 0.2) is 40.9 Å². The smallest absolute Gasteiger partial charge is 0.264 e. The van der Waals surface area contributed by atoms with Crippen molar-refractivity contribution in [3.8, 4) is 5.75 Å². The van der Waals surface area contributed by atoms with E-state index in [-0.39, 0.29) is 0 Å². The van der Waals surface area contributed by atoms with E-state index in [1.165, 1.54) is 5.39 Å². The number of benzene rings is 2. The first-order valence-electron chi connectivity index (χ1n) is 5.15. The molecule has 0 amide bonds. The molecule has 0 unspecified atom stereocenters. The van der Waals surface area contributed by atoms with E-state index in [0.717, 1.165) is 15.6 Å². The summed E-state index contributed by atoms with van der Waals surface area (Å²) in [6.45, 7) is 0. The molecule has 2 aromatic carbocycles. The van der Waals surface area contributed by atoms with Crippen molar-refractivity contribution in [1.29, 1.82) is 0 Å². The Morgan fingerprint density at radius 1 is 1.12 bits per heavy atom. The summed E-state index contributed by atoms with van der Waals surface area (Å²) < 4.78 is 6.62. The summed E-state index contributed by atoms with van der Waals surface area (Å²) in [6, 6.07) is 12.1. The second-order valence-electron chi connectivity index (χ2n) is 3.92. The third kappa shape index (κ3) is 2.96. The molecule has 0 N–H and O–H groups in total. The second-order valence-corrected chi connectivity index (χ2v) is 5.18. The highest BCUT2D eigenvalue weighted by Gasteiger charge is 2.03. The first-order valence-corrected chi connectivity index (χ1v) is 6.35. The quantitative estimate of drug-likeness (QED) is 0.743. The van der Waals surface area contributed by atoms with Crippen molar-refractivity contribution in [2.45, 2.75) is 0 Å². The van der Waals surface area contributed by atoms with Crippen molar-refractivity contribution in [2.75, 3.05) is 14.1 Å². The lowest BCUT2D eigenvalue weighted by molar-refractivity contribution is 0.450. The van der Waals surface area contributed by atoms with Gasteiger partial charge in [-0.3, -0.25) is 0 Å². The summed E-state index contributed by atoms with van der Waals surface area (Å²) in [4.78, 5) is 1.76. The van der Waals surface area contributed by atoms with Crippen LogP contribution in [0.4, 0.5) is 0 Å². The van der Waals surface area contributed by atoms with Gasteiger partial charge in [0.1, 0.15) is 5.75 Å². The van der Waals surface area contributed by atoms with Gasteiger partial charge in [0.2, 0.25) is 0 Å². The van der Waals surface area contributed by atoms with Crippen LogP contribution in [0.3, 0.4) is 0 Å². The van der Waals surface area contributed by atoms with E-state index in [9.17, 15) is 0 Å². The van der Waals surface area contributed by atoms with Crippen molar-refractivity contribution < 1.29 is 4.74 Å². The van der Waals surface area contributed by atoms with Crippen LogP contribution in [-0.4, -0.2) is 24.2 Å². The van der Waals surface area contributed by atoms with Gasteiger partial charge in [0.15, 0.2) is 0 Å². The van der Waals surface area contributed by atoms with Crippen molar-refractivity contribution in [3.05, 3.63) is 40.9 Å². The fraction of sp³-hybridized carbons (Fsp3) is 0.154. The summed E-state index contributed by atoms with van der Waals surface area (Å²) >= 11 is 8.56. The lowest BCUT2D eigenvalue weighted by Crippen LogP contribution is -2.24. The molecule has 2 nitrogen and oxygen atoms in total. The molecule has 0 atom stereocenters. The van der Waals surface area contributed by atoms with Gasteiger partial charge in [-0.05, 0) is 47.3 Å². The average Bonchev–Trinajstić information content (AvgIpc) is 2.28. The minimum Gasteiger partial charge on any atom is -0.432 e. The van der Waals surface area contributed by atoms with Crippen molar-refractivity contribution in [2.24, 2.45) is 0 Å². The van der Waals surface area contributed by atoms with Crippen molar-refractivity contribution >= 4 is 44.1 Å². The molecule has 2 rings (SSSR count). The van der Waals surface area contributed by atoms with E-state index >= 15 is 0 Å². The van der Waals surface area contributed by atoms with E-state index in [2.05, 4.69) is 28.1 Å². The Kier molecular flexibility index (Phi) is 3.64. The number of fused-ring (bicyclic) bond motifs is 1. The molecular formula is C13H12BrNOS. The van der Waals surface area contributed by atoms with E-state index in [1.54, 1.807) is 4.90 Å². The zero-order valence-electron chi connectivity index (χ0n) is 9.61. The standard InChI is InChI=1S/C13H12BrNOS/c1-15(2)13(17)16-12-6-4-9-3-5-11(14)7-10(9)8-12/h3-8H,1-2H3. The molecule has 88 valence electrons. The van der Waals surface area contributed by atoms with Crippen LogP contribution in [0.2, 0.25) is 0 Å². The van der Waals surface area contributed by atoms with Crippen LogP contribution < -0.4 is 4.74 Å². The number of hydrogen-bond acceptors (Lipinski definition) is 2. The molecule has 0 spiro atoms. The average molecular weight is 310 g/mol. The van der Waals surface area contributed by atoms with Gasteiger partial charge in [0.25, 0.3) is 5.17 Å². The number of thiocarbonyl (C=S) groups is 1. The monoisotopic (exact) mass is 309 g/mol. The van der Waals surface area contributed by atoms with Gasteiger partial charge in [-0.2, -0.15) is 0 Å². The molecule has 0 fully saturated rings. The minimum atomic E-state index is 0.458. The summed E-state index contributed by atoms with van der Waals surface area (Å²) in [5.74, 6) is 0.759. The minimum absolute atomic E-state index is 0.458. The summed E-state index contributed by atoms with van der Waals surface area (Å²) in [5, 5.41) is 2.76. The molecular weight excluding hydrogens is 298 g/mol. The maximum Gasteiger partial charge on any atom is 0.264 e. The highest BCUT2D eigenvalue weighted by molar-refractivity contribution is 9.10. The third-order valence-electron chi connectivity index (χ3n) is 2.34. The topological polar surface area (TPSA) is 12.5 Å². The van der Waals surface area contributed by atoms with Gasteiger partial charge in [-0.15, -0.1) is 0 Å². The Labute approximate surface area is 114 Å². The summed E-state index contributed by atoms with van der Waals surface area (Å²) in [6.07, 6.45) is 0. The van der Waals surface area contributed by atoms with E-state index in [1.807, 2.05) is 38.4 Å². The van der Waals surface area contributed by atoms with Gasteiger partial charge in [-0.25, -0.2) is 0 Å². The lowest BCUT2D eigenvalue weighted by Gasteiger charge is -2.14. The fourth-order valence-electron chi connectivity index (χ4n) is 1.45. The Morgan fingerprint density at radius 2 is 1.82 bits per heavy atom. The van der Waals surface area contributed by atoms with Gasteiger partial charge < -0.3 is 9.64 Å². The number of hydrogen-bond donors (Lipinski definition) is 0. The fourth-order valence-corrected chi connectivity index (χ4v) is 1.93. The van der Waals surface area contributed by atoms with Crippen molar-refractivity contribution in [1.82, 2.24) is 4.90 Å². The molecule has 0 heterocycles. The van der Waals surface area contributed by atoms with Crippen molar-refractivity contribution in [3.63, 3.8) is 0 Å². The van der Waals surface area contributed by atoms with Crippen LogP contribution in [-0.2, 0) is 0 Å². The number of rotatable bonds is 1. The molecule has 0 saturated carbocycles. The predicted octanol–water partition coefficient (Wildman–Crippen LogP) is 3.83. The molecule has 0 aliphatic carbocycles. The zero-order valence-corrected chi connectivity index (χ0v) is 12.0. The first-order chi connectivity index (χ1) is 8.06. The molecule has 17 heavy (non-hydrogen) atoms. The SMILES string of the molecule is CN(C)C(=S)Oc1ccc2ccc(Br)cc2c1. The Bertz CT molecular complexity index is 568. The normalized spacial score (nSPS) is 10.3. The highest BCUT2D eigenvalue weighted by atomic mass is 79.9. The second kappa shape index (κ2) is 5.02. The van der Waals surface area contributed by atoms with Crippen LogP contribution in [0, 0.1) is 0 Å². The van der Waals surface area contributed by atoms with Crippen LogP contribution >= 0.6 is 28.1 Å².